The van der Waals surface area contributed by atoms with Gasteiger partial charge >= 0.3 is 5.97 Å². The van der Waals surface area contributed by atoms with Crippen molar-refractivity contribution in [2.45, 2.75) is 13.8 Å². The van der Waals surface area contributed by atoms with Crippen molar-refractivity contribution >= 4 is 11.9 Å². The standard InChI is InChI=1S/C20H22FNO3/c1-13-5-7-15(8-6-13)16-9-10-17(18(21)11-16)19(23)22(3)12-14(2)20(24)25-4/h5-11,14H,12H2,1-4H3/t14-/m0/s1. The van der Waals surface area contributed by atoms with Crippen molar-refractivity contribution in [2.75, 3.05) is 20.7 Å². The Morgan fingerprint density at radius 2 is 1.72 bits per heavy atom. The maximum absolute atomic E-state index is 14.4. The van der Waals surface area contributed by atoms with Crippen LogP contribution in [0.25, 0.3) is 11.1 Å². The molecular weight excluding hydrogens is 321 g/mol. The Hall–Kier alpha value is -2.69. The third-order valence-corrected chi connectivity index (χ3v) is 4.08. The van der Waals surface area contributed by atoms with E-state index in [-0.39, 0.29) is 12.1 Å². The summed E-state index contributed by atoms with van der Waals surface area (Å²) in [6.45, 7) is 3.80. The van der Waals surface area contributed by atoms with Gasteiger partial charge in [-0.3, -0.25) is 9.59 Å². The molecule has 1 atom stereocenters. The van der Waals surface area contributed by atoms with E-state index in [9.17, 15) is 14.0 Å². The highest BCUT2D eigenvalue weighted by atomic mass is 19.1. The molecule has 5 heteroatoms. The smallest absolute Gasteiger partial charge is 0.310 e. The van der Waals surface area contributed by atoms with Gasteiger partial charge in [0.2, 0.25) is 0 Å². The summed E-state index contributed by atoms with van der Waals surface area (Å²) >= 11 is 0. The molecule has 0 N–H and O–H groups in total. The van der Waals surface area contributed by atoms with E-state index in [2.05, 4.69) is 4.74 Å². The van der Waals surface area contributed by atoms with Gasteiger partial charge in [-0.15, -0.1) is 0 Å². The maximum atomic E-state index is 14.4. The second kappa shape index (κ2) is 7.92. The highest BCUT2D eigenvalue weighted by Gasteiger charge is 2.21. The molecule has 0 radical (unpaired) electrons. The second-order valence-electron chi connectivity index (χ2n) is 6.17. The number of rotatable bonds is 5. The normalized spacial score (nSPS) is 11.7. The molecule has 2 aromatic rings. The molecular formula is C20H22FNO3. The van der Waals surface area contributed by atoms with Crippen molar-refractivity contribution in [2.24, 2.45) is 5.92 Å². The Morgan fingerprint density at radius 1 is 1.12 bits per heavy atom. The molecule has 132 valence electrons. The van der Waals surface area contributed by atoms with Crippen LogP contribution in [0.2, 0.25) is 0 Å². The van der Waals surface area contributed by atoms with Gasteiger partial charge in [-0.1, -0.05) is 42.8 Å². The van der Waals surface area contributed by atoms with E-state index in [1.165, 1.54) is 31.2 Å². The van der Waals surface area contributed by atoms with Crippen LogP contribution in [0, 0.1) is 18.7 Å². The van der Waals surface area contributed by atoms with Crippen molar-refractivity contribution in [1.82, 2.24) is 4.90 Å². The Bertz CT molecular complexity index is 771. The molecule has 0 aromatic heterocycles. The number of amides is 1. The zero-order chi connectivity index (χ0) is 18.6. The fourth-order valence-corrected chi connectivity index (χ4v) is 2.59. The summed E-state index contributed by atoms with van der Waals surface area (Å²) in [6.07, 6.45) is 0. The summed E-state index contributed by atoms with van der Waals surface area (Å²) in [6, 6.07) is 12.3. The Kier molecular flexibility index (Phi) is 5.91. The number of hydrogen-bond donors (Lipinski definition) is 0. The van der Waals surface area contributed by atoms with Crippen LogP contribution in [0.1, 0.15) is 22.8 Å². The van der Waals surface area contributed by atoms with Gasteiger partial charge in [0, 0.05) is 13.6 Å². The Labute approximate surface area is 147 Å². The fourth-order valence-electron chi connectivity index (χ4n) is 2.59. The van der Waals surface area contributed by atoms with Crippen LogP contribution in [-0.2, 0) is 9.53 Å². The number of ether oxygens (including phenoxy) is 1. The van der Waals surface area contributed by atoms with E-state index in [1.54, 1.807) is 13.0 Å². The van der Waals surface area contributed by atoms with Crippen molar-refractivity contribution in [1.29, 1.82) is 0 Å². The lowest BCUT2D eigenvalue weighted by atomic mass is 10.0. The van der Waals surface area contributed by atoms with Gasteiger partial charge in [0.15, 0.2) is 0 Å². The van der Waals surface area contributed by atoms with Crippen molar-refractivity contribution in [3.8, 4) is 11.1 Å². The first kappa shape index (κ1) is 18.6. The third kappa shape index (κ3) is 4.44. The summed E-state index contributed by atoms with van der Waals surface area (Å²) in [5.41, 5.74) is 2.70. The number of carbonyl (C=O) groups is 2. The minimum absolute atomic E-state index is 0.0181. The van der Waals surface area contributed by atoms with E-state index >= 15 is 0 Å². The monoisotopic (exact) mass is 343 g/mol. The first-order valence-electron chi connectivity index (χ1n) is 8.03. The number of aryl methyl sites for hydroxylation is 1. The molecule has 0 fully saturated rings. The number of benzene rings is 2. The molecule has 1 amide bonds. The predicted octanol–water partition coefficient (Wildman–Crippen LogP) is 3.68. The molecule has 0 aliphatic heterocycles. The van der Waals surface area contributed by atoms with Gasteiger partial charge in [-0.25, -0.2) is 4.39 Å². The van der Waals surface area contributed by atoms with Crippen LogP contribution < -0.4 is 0 Å². The Morgan fingerprint density at radius 3 is 2.28 bits per heavy atom. The van der Waals surface area contributed by atoms with E-state index in [0.29, 0.717) is 5.56 Å². The molecule has 0 bridgehead atoms. The summed E-state index contributed by atoms with van der Waals surface area (Å²) in [4.78, 5) is 25.2. The number of carbonyl (C=O) groups excluding carboxylic acids is 2. The molecule has 4 nitrogen and oxygen atoms in total. The molecule has 0 aliphatic carbocycles. The van der Waals surface area contributed by atoms with Gasteiger partial charge < -0.3 is 9.64 Å². The van der Waals surface area contributed by atoms with Crippen LogP contribution in [0.3, 0.4) is 0 Å². The van der Waals surface area contributed by atoms with E-state index in [1.807, 2.05) is 31.2 Å². The van der Waals surface area contributed by atoms with E-state index < -0.39 is 23.6 Å². The number of hydrogen-bond acceptors (Lipinski definition) is 3. The average Bonchev–Trinajstić information content (AvgIpc) is 2.60. The van der Waals surface area contributed by atoms with Gasteiger partial charge in [0.05, 0.1) is 18.6 Å². The van der Waals surface area contributed by atoms with Gasteiger partial charge in [-0.2, -0.15) is 0 Å². The quantitative estimate of drug-likeness (QED) is 0.778. The lowest BCUT2D eigenvalue weighted by Crippen LogP contribution is -2.34. The third-order valence-electron chi connectivity index (χ3n) is 4.08. The summed E-state index contributed by atoms with van der Waals surface area (Å²) in [5.74, 6) is -1.94. The summed E-state index contributed by atoms with van der Waals surface area (Å²) < 4.78 is 19.1. The SMILES string of the molecule is COC(=O)[C@@H](C)CN(C)C(=O)c1ccc(-c2ccc(C)cc2)cc1F. The highest BCUT2D eigenvalue weighted by Crippen LogP contribution is 2.23. The van der Waals surface area contributed by atoms with Crippen molar-refractivity contribution < 1.29 is 18.7 Å². The topological polar surface area (TPSA) is 46.6 Å². The maximum Gasteiger partial charge on any atom is 0.310 e. The summed E-state index contributed by atoms with van der Waals surface area (Å²) in [5, 5.41) is 0. The highest BCUT2D eigenvalue weighted by molar-refractivity contribution is 5.95. The number of methoxy groups -OCH3 is 1. The largest absolute Gasteiger partial charge is 0.469 e. The fraction of sp³-hybridized carbons (Fsp3) is 0.300. The number of halogens is 1. The molecule has 2 rings (SSSR count). The molecule has 0 saturated carbocycles. The van der Waals surface area contributed by atoms with Gasteiger partial charge in [0.1, 0.15) is 5.82 Å². The molecule has 0 unspecified atom stereocenters. The molecule has 25 heavy (non-hydrogen) atoms. The lowest BCUT2D eigenvalue weighted by Gasteiger charge is -2.20. The zero-order valence-electron chi connectivity index (χ0n) is 14.9. The van der Waals surface area contributed by atoms with E-state index in [4.69, 9.17) is 0 Å². The molecule has 0 saturated heterocycles. The van der Waals surface area contributed by atoms with Gasteiger partial charge in [0.25, 0.3) is 5.91 Å². The zero-order valence-corrected chi connectivity index (χ0v) is 14.9. The minimum Gasteiger partial charge on any atom is -0.469 e. The molecule has 0 aliphatic rings. The van der Waals surface area contributed by atoms with Crippen LogP contribution >= 0.6 is 0 Å². The van der Waals surface area contributed by atoms with Crippen LogP contribution in [0.5, 0.6) is 0 Å². The van der Waals surface area contributed by atoms with Crippen LogP contribution in [0.4, 0.5) is 4.39 Å². The van der Waals surface area contributed by atoms with E-state index in [0.717, 1.165) is 11.1 Å². The molecule has 2 aromatic carbocycles. The van der Waals surface area contributed by atoms with Gasteiger partial charge in [-0.05, 0) is 30.2 Å². The Balaban J connectivity index is 2.18. The van der Waals surface area contributed by atoms with Crippen LogP contribution in [0.15, 0.2) is 42.5 Å². The first-order chi connectivity index (χ1) is 11.8. The summed E-state index contributed by atoms with van der Waals surface area (Å²) in [7, 11) is 2.83. The molecule has 0 spiro atoms. The molecule has 0 heterocycles. The number of nitrogens with zero attached hydrogens (tertiary/aromatic N) is 1. The van der Waals surface area contributed by atoms with Crippen molar-refractivity contribution in [3.05, 3.63) is 59.4 Å². The number of esters is 1. The predicted molar refractivity (Wildman–Crippen MR) is 94.7 cm³/mol. The second-order valence-corrected chi connectivity index (χ2v) is 6.17. The van der Waals surface area contributed by atoms with Crippen LogP contribution in [-0.4, -0.2) is 37.5 Å². The average molecular weight is 343 g/mol. The van der Waals surface area contributed by atoms with Crippen molar-refractivity contribution in [3.63, 3.8) is 0 Å². The lowest BCUT2D eigenvalue weighted by molar-refractivity contribution is -0.145. The first-order valence-corrected chi connectivity index (χ1v) is 8.03. The minimum atomic E-state index is -0.583.